The van der Waals surface area contributed by atoms with Gasteiger partial charge in [0, 0.05) is 6.54 Å². The van der Waals surface area contributed by atoms with Gasteiger partial charge >= 0.3 is 5.97 Å². The van der Waals surface area contributed by atoms with Crippen molar-refractivity contribution in [2.45, 2.75) is 39.8 Å². The molecule has 0 bridgehead atoms. The largest absolute Gasteiger partial charge is 0.468 e. The second-order valence-corrected chi connectivity index (χ2v) is 5.34. The Hall–Kier alpha value is -1.35. The van der Waals surface area contributed by atoms with Gasteiger partial charge in [-0.15, -0.1) is 0 Å². The van der Waals surface area contributed by atoms with Crippen molar-refractivity contribution in [2.24, 2.45) is 0 Å². The van der Waals surface area contributed by atoms with Gasteiger partial charge < -0.3 is 4.74 Å². The molecule has 0 radical (unpaired) electrons. The number of likely N-dealkylation sites (N-methyl/N-ethyl adjacent to an activating group) is 1. The van der Waals surface area contributed by atoms with E-state index in [-0.39, 0.29) is 5.97 Å². The summed E-state index contributed by atoms with van der Waals surface area (Å²) in [6, 6.07) is 6.38. The zero-order valence-corrected chi connectivity index (χ0v) is 12.2. The van der Waals surface area contributed by atoms with Crippen molar-refractivity contribution in [1.29, 1.82) is 0 Å². The molecule has 0 aliphatic rings. The number of hydrogen-bond acceptors (Lipinski definition) is 3. The molecule has 1 rings (SSSR count). The van der Waals surface area contributed by atoms with Gasteiger partial charge in [-0.2, -0.15) is 0 Å². The van der Waals surface area contributed by atoms with E-state index in [0.717, 1.165) is 6.54 Å². The molecule has 0 N–H and O–H groups in total. The van der Waals surface area contributed by atoms with Crippen molar-refractivity contribution in [1.82, 2.24) is 4.90 Å². The molecule has 0 saturated heterocycles. The zero-order chi connectivity index (χ0) is 13.9. The van der Waals surface area contributed by atoms with Crippen molar-refractivity contribution in [3.8, 4) is 0 Å². The molecular weight excluding hydrogens is 226 g/mol. The van der Waals surface area contributed by atoms with Crippen LogP contribution in [0.15, 0.2) is 18.2 Å². The molecule has 0 unspecified atom stereocenters. The van der Waals surface area contributed by atoms with E-state index >= 15 is 0 Å². The molecule has 0 aliphatic heterocycles. The Morgan fingerprint density at radius 1 is 1.33 bits per heavy atom. The summed E-state index contributed by atoms with van der Waals surface area (Å²) in [4.78, 5) is 13.8. The summed E-state index contributed by atoms with van der Waals surface area (Å²) in [5.41, 5.74) is 3.10. The smallest absolute Gasteiger partial charge is 0.325 e. The molecule has 1 aromatic rings. The Morgan fingerprint density at radius 3 is 2.50 bits per heavy atom. The van der Waals surface area contributed by atoms with E-state index in [2.05, 4.69) is 32.0 Å². The summed E-state index contributed by atoms with van der Waals surface area (Å²) in [5.74, 6) is -0.213. The summed E-state index contributed by atoms with van der Waals surface area (Å²) in [5, 5.41) is 0. The highest BCUT2D eigenvalue weighted by molar-refractivity contribution is 5.79. The first kappa shape index (κ1) is 14.7. The van der Waals surface area contributed by atoms with Crippen molar-refractivity contribution >= 4 is 5.97 Å². The van der Waals surface area contributed by atoms with Crippen molar-refractivity contribution in [3.63, 3.8) is 0 Å². The van der Waals surface area contributed by atoms with Gasteiger partial charge in [-0.25, -0.2) is 0 Å². The molecule has 0 aliphatic carbocycles. The van der Waals surface area contributed by atoms with Crippen molar-refractivity contribution in [2.75, 3.05) is 14.2 Å². The third kappa shape index (κ3) is 3.10. The molecule has 0 aromatic heterocycles. The lowest BCUT2D eigenvalue weighted by Gasteiger charge is -2.33. The molecule has 3 nitrogen and oxygen atoms in total. The fourth-order valence-corrected chi connectivity index (χ4v) is 1.83. The lowest BCUT2D eigenvalue weighted by Crippen LogP contribution is -2.48. The predicted molar refractivity (Wildman–Crippen MR) is 73.5 cm³/mol. The molecule has 1 aromatic carbocycles. The zero-order valence-electron chi connectivity index (χ0n) is 12.2. The number of nitrogens with zero attached hydrogens (tertiary/aromatic N) is 1. The highest BCUT2D eigenvalue weighted by Gasteiger charge is 2.33. The van der Waals surface area contributed by atoms with Crippen LogP contribution in [0.1, 0.15) is 30.5 Å². The van der Waals surface area contributed by atoms with Crippen LogP contribution in [0.5, 0.6) is 0 Å². The minimum atomic E-state index is -0.620. The van der Waals surface area contributed by atoms with Crippen molar-refractivity contribution < 1.29 is 9.53 Å². The summed E-state index contributed by atoms with van der Waals surface area (Å²) >= 11 is 0. The average molecular weight is 249 g/mol. The van der Waals surface area contributed by atoms with E-state index in [4.69, 9.17) is 4.74 Å². The van der Waals surface area contributed by atoms with E-state index < -0.39 is 5.54 Å². The Kier molecular flexibility index (Phi) is 4.52. The fourth-order valence-electron chi connectivity index (χ4n) is 1.83. The van der Waals surface area contributed by atoms with E-state index in [0.29, 0.717) is 0 Å². The molecule has 0 heterocycles. The van der Waals surface area contributed by atoms with Crippen LogP contribution in [0.2, 0.25) is 0 Å². The van der Waals surface area contributed by atoms with Crippen molar-refractivity contribution in [3.05, 3.63) is 34.9 Å². The van der Waals surface area contributed by atoms with E-state index in [1.165, 1.54) is 23.8 Å². The maximum absolute atomic E-state index is 11.8. The number of methoxy groups -OCH3 is 1. The number of carbonyl (C=O) groups excluding carboxylic acids is 1. The maximum atomic E-state index is 11.8. The molecule has 0 amide bonds. The van der Waals surface area contributed by atoms with Gasteiger partial charge in [0.15, 0.2) is 0 Å². The standard InChI is InChI=1S/C15H23NO2/c1-11-7-8-12(2)13(9-11)10-16(5)15(3,4)14(17)18-6/h7-9H,10H2,1-6H3. The first-order valence-corrected chi connectivity index (χ1v) is 6.15. The fraction of sp³-hybridized carbons (Fsp3) is 0.533. The number of hydrogen-bond donors (Lipinski definition) is 0. The van der Waals surface area contributed by atoms with Gasteiger partial charge in [0.1, 0.15) is 5.54 Å². The Balaban J connectivity index is 2.90. The van der Waals surface area contributed by atoms with Gasteiger partial charge in [0.25, 0.3) is 0 Å². The van der Waals surface area contributed by atoms with Crippen LogP contribution < -0.4 is 0 Å². The number of ether oxygens (including phenoxy) is 1. The second-order valence-electron chi connectivity index (χ2n) is 5.34. The lowest BCUT2D eigenvalue weighted by atomic mass is 10.0. The first-order chi connectivity index (χ1) is 8.28. The van der Waals surface area contributed by atoms with Crippen LogP contribution in [0, 0.1) is 13.8 Å². The molecule has 0 fully saturated rings. The molecule has 0 atom stereocenters. The van der Waals surface area contributed by atoms with Gasteiger partial charge in [-0.05, 0) is 45.9 Å². The van der Waals surface area contributed by atoms with E-state index in [9.17, 15) is 4.79 Å². The number of aryl methyl sites for hydroxylation is 2. The number of benzene rings is 1. The summed E-state index contributed by atoms with van der Waals surface area (Å²) in [6.07, 6.45) is 0. The lowest BCUT2D eigenvalue weighted by molar-refractivity contribution is -0.152. The van der Waals surface area contributed by atoms with Crippen LogP contribution >= 0.6 is 0 Å². The summed E-state index contributed by atoms with van der Waals surface area (Å²) in [7, 11) is 3.37. The molecule has 18 heavy (non-hydrogen) atoms. The Labute approximate surface area is 110 Å². The van der Waals surface area contributed by atoms with Crippen LogP contribution in [-0.2, 0) is 16.1 Å². The number of esters is 1. The Morgan fingerprint density at radius 2 is 1.94 bits per heavy atom. The molecular formula is C15H23NO2. The monoisotopic (exact) mass is 249 g/mol. The topological polar surface area (TPSA) is 29.5 Å². The van der Waals surface area contributed by atoms with Crippen LogP contribution in [0.4, 0.5) is 0 Å². The molecule has 3 heteroatoms. The van der Waals surface area contributed by atoms with Crippen LogP contribution in [0.25, 0.3) is 0 Å². The van der Waals surface area contributed by atoms with Crippen LogP contribution in [-0.4, -0.2) is 30.6 Å². The Bertz CT molecular complexity index is 438. The molecule has 100 valence electrons. The molecule has 0 saturated carbocycles. The van der Waals surface area contributed by atoms with Gasteiger partial charge in [-0.3, -0.25) is 9.69 Å². The van der Waals surface area contributed by atoms with E-state index in [1.54, 1.807) is 0 Å². The quantitative estimate of drug-likeness (QED) is 0.768. The third-order valence-electron chi connectivity index (χ3n) is 3.55. The highest BCUT2D eigenvalue weighted by Crippen LogP contribution is 2.20. The van der Waals surface area contributed by atoms with Gasteiger partial charge in [-0.1, -0.05) is 23.8 Å². The number of rotatable bonds is 4. The van der Waals surface area contributed by atoms with Gasteiger partial charge in [0.2, 0.25) is 0 Å². The third-order valence-corrected chi connectivity index (χ3v) is 3.55. The number of carbonyl (C=O) groups is 1. The minimum absolute atomic E-state index is 0.213. The summed E-state index contributed by atoms with van der Waals surface area (Å²) < 4.78 is 4.85. The summed E-state index contributed by atoms with van der Waals surface area (Å²) in [6.45, 7) is 8.66. The normalized spacial score (nSPS) is 11.7. The first-order valence-electron chi connectivity index (χ1n) is 6.15. The highest BCUT2D eigenvalue weighted by atomic mass is 16.5. The van der Waals surface area contributed by atoms with Crippen LogP contribution in [0.3, 0.4) is 0 Å². The second kappa shape index (κ2) is 5.53. The maximum Gasteiger partial charge on any atom is 0.325 e. The predicted octanol–water partition coefficient (Wildman–Crippen LogP) is 2.69. The SMILES string of the molecule is COC(=O)C(C)(C)N(C)Cc1cc(C)ccc1C. The van der Waals surface area contributed by atoms with E-state index in [1.807, 2.05) is 25.8 Å². The van der Waals surface area contributed by atoms with Gasteiger partial charge in [0.05, 0.1) is 7.11 Å². The average Bonchev–Trinajstić information content (AvgIpc) is 2.32. The molecule has 0 spiro atoms. The minimum Gasteiger partial charge on any atom is -0.468 e.